The van der Waals surface area contributed by atoms with Gasteiger partial charge in [0.2, 0.25) is 0 Å². The van der Waals surface area contributed by atoms with Gasteiger partial charge in [-0.05, 0) is 0 Å². The molecule has 0 heterocycles. The van der Waals surface area contributed by atoms with Crippen LogP contribution >= 0.6 is 0 Å². The van der Waals surface area contributed by atoms with Crippen LogP contribution in [-0.2, 0) is 6.54 Å². The zero-order valence-electron chi connectivity index (χ0n) is 10.7. The first-order valence-electron chi connectivity index (χ1n) is 6.30. The van der Waals surface area contributed by atoms with E-state index in [2.05, 4.69) is 72.9 Å². The van der Waals surface area contributed by atoms with Crippen molar-refractivity contribution in [3.05, 3.63) is 66.2 Å². The van der Waals surface area contributed by atoms with Crippen LogP contribution in [0.1, 0.15) is 12.5 Å². The van der Waals surface area contributed by atoms with Crippen molar-refractivity contribution in [2.45, 2.75) is 24.8 Å². The van der Waals surface area contributed by atoms with Crippen molar-refractivity contribution in [1.82, 2.24) is 5.32 Å². The number of hydrogen-bond acceptors (Lipinski definition) is 1. The zero-order chi connectivity index (χ0) is 12.6. The molecule has 0 saturated heterocycles. The molecule has 0 aliphatic carbocycles. The molecule has 0 aliphatic rings. The van der Waals surface area contributed by atoms with E-state index in [1.807, 2.05) is 0 Å². The van der Waals surface area contributed by atoms with E-state index in [9.17, 15) is 0 Å². The Kier molecular flexibility index (Phi) is 5.47. The molecule has 0 aromatic heterocycles. The number of benzene rings is 2. The summed E-state index contributed by atoms with van der Waals surface area (Å²) < 4.78 is 1.48. The van der Waals surface area contributed by atoms with E-state index >= 15 is 0 Å². The Hall–Kier alpha value is -1.08. The predicted octanol–water partition coefficient (Wildman–Crippen LogP) is 2.61. The van der Waals surface area contributed by atoms with E-state index in [1.54, 1.807) is 0 Å². The molecule has 0 unspecified atom stereocenters. The first kappa shape index (κ1) is 13.4. The first-order valence-corrected chi connectivity index (χ1v) is 8.36. The molecule has 0 fully saturated rings. The van der Waals surface area contributed by atoms with Gasteiger partial charge in [-0.15, -0.1) is 0 Å². The fourth-order valence-electron chi connectivity index (χ4n) is 1.68. The molecule has 2 heteroatoms. The van der Waals surface area contributed by atoms with Gasteiger partial charge in [0.05, 0.1) is 0 Å². The van der Waals surface area contributed by atoms with Gasteiger partial charge in [-0.25, -0.2) is 0 Å². The van der Waals surface area contributed by atoms with Gasteiger partial charge < -0.3 is 0 Å². The van der Waals surface area contributed by atoms with Crippen molar-refractivity contribution in [2.24, 2.45) is 0 Å². The van der Waals surface area contributed by atoms with Crippen LogP contribution in [0.15, 0.2) is 60.7 Å². The van der Waals surface area contributed by atoms with Gasteiger partial charge >= 0.3 is 116 Å². The molecule has 2 aromatic rings. The van der Waals surface area contributed by atoms with Crippen LogP contribution in [0.3, 0.4) is 0 Å². The average molecular weight is 304 g/mol. The predicted molar refractivity (Wildman–Crippen MR) is 79.4 cm³/mol. The molecule has 0 radical (unpaired) electrons. The normalized spacial score (nSPS) is 12.3. The van der Waals surface area contributed by atoms with Gasteiger partial charge in [-0.1, -0.05) is 0 Å². The van der Waals surface area contributed by atoms with Crippen molar-refractivity contribution in [2.75, 3.05) is 0 Å². The van der Waals surface area contributed by atoms with Gasteiger partial charge in [0, 0.05) is 0 Å². The molecular weight excluding hydrogens is 285 g/mol. The Morgan fingerprint density at radius 2 is 1.56 bits per heavy atom. The van der Waals surface area contributed by atoms with E-state index in [0.717, 1.165) is 6.54 Å². The Bertz CT molecular complexity index is 398. The summed E-state index contributed by atoms with van der Waals surface area (Å²) in [5, 5.41) is 4.82. The van der Waals surface area contributed by atoms with Crippen molar-refractivity contribution in [1.29, 1.82) is 0 Å². The van der Waals surface area contributed by atoms with Crippen LogP contribution in [-0.4, -0.2) is 21.0 Å². The Morgan fingerprint density at radius 3 is 2.22 bits per heavy atom. The van der Waals surface area contributed by atoms with Crippen LogP contribution in [0.2, 0.25) is 5.32 Å². The fraction of sp³-hybridized carbons (Fsp3) is 0.250. The average Bonchev–Trinajstić information content (AvgIpc) is 2.45. The Morgan fingerprint density at radius 1 is 0.944 bits per heavy atom. The maximum atomic E-state index is 3.58. The second kappa shape index (κ2) is 7.38. The second-order valence-electron chi connectivity index (χ2n) is 4.39. The third kappa shape index (κ3) is 4.66. The summed E-state index contributed by atoms with van der Waals surface area (Å²) >= 11 is 0.574. The van der Waals surface area contributed by atoms with Gasteiger partial charge in [0.1, 0.15) is 0 Å². The molecule has 0 amide bonds. The summed E-state index contributed by atoms with van der Waals surface area (Å²) in [4.78, 5) is 0. The molecule has 1 atom stereocenters. The van der Waals surface area contributed by atoms with E-state index in [-0.39, 0.29) is 0 Å². The Labute approximate surface area is 116 Å². The van der Waals surface area contributed by atoms with Gasteiger partial charge in [-0.3, -0.25) is 0 Å². The summed E-state index contributed by atoms with van der Waals surface area (Å²) in [5.74, 6) is 0. The van der Waals surface area contributed by atoms with Crippen molar-refractivity contribution >= 4 is 19.4 Å². The van der Waals surface area contributed by atoms with E-state index in [1.165, 1.54) is 15.3 Å². The van der Waals surface area contributed by atoms with Gasteiger partial charge in [0.25, 0.3) is 0 Å². The van der Waals surface area contributed by atoms with Crippen LogP contribution < -0.4 is 9.78 Å². The monoisotopic (exact) mass is 305 g/mol. The molecule has 2 rings (SSSR count). The molecule has 1 nitrogen and oxygen atoms in total. The van der Waals surface area contributed by atoms with E-state index in [0.29, 0.717) is 21.0 Å². The molecule has 94 valence electrons. The van der Waals surface area contributed by atoms with Gasteiger partial charge in [0.15, 0.2) is 0 Å². The maximum absolute atomic E-state index is 3.58. The fourth-order valence-corrected chi connectivity index (χ4v) is 3.59. The van der Waals surface area contributed by atoms with Crippen molar-refractivity contribution < 1.29 is 0 Å². The Balaban J connectivity index is 1.71. The second-order valence-corrected chi connectivity index (χ2v) is 6.69. The van der Waals surface area contributed by atoms with Crippen molar-refractivity contribution in [3.8, 4) is 0 Å². The molecular formula is C16H19NSe. The van der Waals surface area contributed by atoms with E-state index < -0.39 is 0 Å². The van der Waals surface area contributed by atoms with E-state index in [4.69, 9.17) is 0 Å². The number of nitrogens with one attached hydrogen (secondary N) is 1. The molecule has 0 saturated carbocycles. The third-order valence-electron chi connectivity index (χ3n) is 2.74. The standard InChI is InChI=1S/C16H19NSe/c1-14(13-18-16-10-6-3-7-11-16)17-12-15-8-4-2-5-9-15/h2-11,14,17H,12-13H2,1H3/t14-/m0/s1. The topological polar surface area (TPSA) is 12.0 Å². The van der Waals surface area contributed by atoms with Crippen LogP contribution in [0.4, 0.5) is 0 Å². The molecule has 1 N–H and O–H groups in total. The first-order chi connectivity index (χ1) is 8.84. The number of hydrogen-bond donors (Lipinski definition) is 1. The quantitative estimate of drug-likeness (QED) is 0.809. The van der Waals surface area contributed by atoms with Crippen LogP contribution in [0.5, 0.6) is 0 Å². The summed E-state index contributed by atoms with van der Waals surface area (Å²) in [7, 11) is 0. The molecule has 18 heavy (non-hydrogen) atoms. The molecule has 0 aliphatic heterocycles. The summed E-state index contributed by atoms with van der Waals surface area (Å²) in [6, 6.07) is 21.9. The van der Waals surface area contributed by atoms with Crippen LogP contribution in [0, 0.1) is 0 Å². The minimum absolute atomic E-state index is 0.574. The van der Waals surface area contributed by atoms with Crippen molar-refractivity contribution in [3.63, 3.8) is 0 Å². The summed E-state index contributed by atoms with van der Waals surface area (Å²) in [6.07, 6.45) is 0. The van der Waals surface area contributed by atoms with Gasteiger partial charge in [-0.2, -0.15) is 0 Å². The number of rotatable bonds is 6. The summed E-state index contributed by atoms with van der Waals surface area (Å²) in [6.45, 7) is 3.24. The molecule has 0 spiro atoms. The molecule has 0 bridgehead atoms. The molecule has 2 aromatic carbocycles. The zero-order valence-corrected chi connectivity index (χ0v) is 12.4. The minimum atomic E-state index is 0.574. The van der Waals surface area contributed by atoms with Crippen LogP contribution in [0.25, 0.3) is 0 Å². The third-order valence-corrected chi connectivity index (χ3v) is 5.41. The summed E-state index contributed by atoms with van der Waals surface area (Å²) in [5.41, 5.74) is 1.36. The SMILES string of the molecule is C[C@@H](C[Se]c1ccccc1)NCc1ccccc1.